The Hall–Kier alpha value is -0.890. The molecule has 7 heteroatoms. The van der Waals surface area contributed by atoms with Gasteiger partial charge in [-0.3, -0.25) is 0 Å². The van der Waals surface area contributed by atoms with Crippen LogP contribution in [0.2, 0.25) is 0 Å². The monoisotopic (exact) mass is 317 g/mol. The van der Waals surface area contributed by atoms with Gasteiger partial charge in [-0.2, -0.15) is 4.31 Å². The fourth-order valence-electron chi connectivity index (χ4n) is 2.19. The van der Waals surface area contributed by atoms with Crippen molar-refractivity contribution in [2.24, 2.45) is 5.73 Å². The second-order valence-electron chi connectivity index (χ2n) is 5.07. The summed E-state index contributed by atoms with van der Waals surface area (Å²) in [5.74, 6) is 0. The lowest BCUT2D eigenvalue weighted by molar-refractivity contribution is 0.135. The normalized spacial score (nSPS) is 12.5. The first-order valence-corrected chi connectivity index (χ1v) is 8.81. The minimum Gasteiger partial charge on any atom is -0.380 e. The summed E-state index contributed by atoms with van der Waals surface area (Å²) < 4.78 is 33.9. The van der Waals surface area contributed by atoms with Gasteiger partial charge in [-0.15, -0.1) is 0 Å². The van der Waals surface area contributed by atoms with Crippen molar-refractivity contribution in [1.29, 1.82) is 0 Å². The van der Waals surface area contributed by atoms with Crippen LogP contribution in [0.25, 0.3) is 0 Å². The molecule has 1 aromatic heterocycles. The largest absolute Gasteiger partial charge is 0.380 e. The molecule has 0 aliphatic heterocycles. The predicted molar refractivity (Wildman–Crippen MR) is 83.6 cm³/mol. The molecular weight excluding hydrogens is 290 g/mol. The average molecular weight is 317 g/mol. The minimum atomic E-state index is -3.50. The maximum Gasteiger partial charge on any atom is 0.244 e. The standard InChI is InChI=1S/C14H27N3O3S/c1-5-16(7-8-20-6-2)21(18,19)14-9-13(10-15)17(11-14)12(3)4/h9,11-12H,5-8,10,15H2,1-4H3. The molecule has 0 radical (unpaired) electrons. The van der Waals surface area contributed by atoms with Gasteiger partial charge in [0, 0.05) is 44.2 Å². The zero-order valence-electron chi connectivity index (χ0n) is 13.4. The quantitative estimate of drug-likeness (QED) is 0.701. The molecule has 0 bridgehead atoms. The summed E-state index contributed by atoms with van der Waals surface area (Å²) >= 11 is 0. The molecule has 1 rings (SSSR count). The first-order chi connectivity index (χ1) is 9.88. The van der Waals surface area contributed by atoms with E-state index in [1.807, 2.05) is 32.3 Å². The van der Waals surface area contributed by atoms with Crippen LogP contribution in [0.4, 0.5) is 0 Å². The first kappa shape index (κ1) is 18.2. The van der Waals surface area contributed by atoms with E-state index >= 15 is 0 Å². The van der Waals surface area contributed by atoms with Crippen LogP contribution in [0.15, 0.2) is 17.2 Å². The van der Waals surface area contributed by atoms with Gasteiger partial charge >= 0.3 is 0 Å². The Morgan fingerprint density at radius 2 is 2.05 bits per heavy atom. The molecule has 0 saturated heterocycles. The van der Waals surface area contributed by atoms with Gasteiger partial charge in [0.2, 0.25) is 10.0 Å². The number of hydrogen-bond donors (Lipinski definition) is 1. The minimum absolute atomic E-state index is 0.172. The molecule has 0 aromatic carbocycles. The third-order valence-electron chi connectivity index (χ3n) is 3.35. The molecule has 0 amide bonds. The van der Waals surface area contributed by atoms with Crippen LogP contribution in [-0.4, -0.2) is 43.6 Å². The molecule has 122 valence electrons. The number of hydrogen-bond acceptors (Lipinski definition) is 4. The van der Waals surface area contributed by atoms with Crippen LogP contribution in [0.3, 0.4) is 0 Å². The molecule has 0 aliphatic rings. The summed E-state index contributed by atoms with van der Waals surface area (Å²) in [5, 5.41) is 0. The lowest BCUT2D eigenvalue weighted by Crippen LogP contribution is -2.33. The molecule has 21 heavy (non-hydrogen) atoms. The number of rotatable bonds is 9. The summed E-state index contributed by atoms with van der Waals surface area (Å²) in [5.41, 5.74) is 6.53. The number of nitrogens with zero attached hydrogens (tertiary/aromatic N) is 2. The molecule has 2 N–H and O–H groups in total. The highest BCUT2D eigenvalue weighted by atomic mass is 32.2. The van der Waals surface area contributed by atoms with E-state index in [-0.39, 0.29) is 6.04 Å². The Balaban J connectivity index is 3.05. The number of nitrogens with two attached hydrogens (primary N) is 1. The Bertz CT molecular complexity index is 538. The third kappa shape index (κ3) is 4.29. The van der Waals surface area contributed by atoms with Gasteiger partial charge in [-0.1, -0.05) is 6.92 Å². The topological polar surface area (TPSA) is 77.6 Å². The van der Waals surface area contributed by atoms with Gasteiger partial charge in [-0.05, 0) is 26.8 Å². The number of aromatic nitrogens is 1. The number of likely N-dealkylation sites (N-methyl/N-ethyl adjacent to an activating group) is 1. The molecule has 0 aliphatic carbocycles. The van der Waals surface area contributed by atoms with Crippen molar-refractivity contribution in [2.75, 3.05) is 26.3 Å². The second-order valence-corrected chi connectivity index (χ2v) is 7.00. The van der Waals surface area contributed by atoms with Crippen molar-refractivity contribution in [2.45, 2.75) is 45.2 Å². The van der Waals surface area contributed by atoms with Crippen LogP contribution >= 0.6 is 0 Å². The fraction of sp³-hybridized carbons (Fsp3) is 0.714. The Morgan fingerprint density at radius 1 is 1.38 bits per heavy atom. The first-order valence-electron chi connectivity index (χ1n) is 7.37. The SMILES string of the molecule is CCOCCN(CC)S(=O)(=O)c1cc(CN)n(C(C)C)c1. The zero-order valence-corrected chi connectivity index (χ0v) is 14.2. The smallest absolute Gasteiger partial charge is 0.244 e. The Kier molecular flexibility index (Phi) is 6.86. The summed E-state index contributed by atoms with van der Waals surface area (Å²) in [7, 11) is -3.50. The third-order valence-corrected chi connectivity index (χ3v) is 5.29. The van der Waals surface area contributed by atoms with Gasteiger partial charge in [0.15, 0.2) is 0 Å². The van der Waals surface area contributed by atoms with Gasteiger partial charge in [0.05, 0.1) is 6.61 Å². The van der Waals surface area contributed by atoms with E-state index in [4.69, 9.17) is 10.5 Å². The second kappa shape index (κ2) is 7.93. The molecule has 0 saturated carbocycles. The van der Waals surface area contributed by atoms with Crippen LogP contribution in [-0.2, 0) is 21.3 Å². The fourth-order valence-corrected chi connectivity index (χ4v) is 3.67. The van der Waals surface area contributed by atoms with E-state index in [9.17, 15) is 8.42 Å². The van der Waals surface area contributed by atoms with Crippen molar-refractivity contribution < 1.29 is 13.2 Å². The van der Waals surface area contributed by atoms with Crippen LogP contribution in [0, 0.1) is 0 Å². The van der Waals surface area contributed by atoms with Gasteiger partial charge in [-0.25, -0.2) is 8.42 Å². The lowest BCUT2D eigenvalue weighted by atomic mass is 10.3. The Labute approximate surface area is 127 Å². The van der Waals surface area contributed by atoms with E-state index in [0.717, 1.165) is 5.69 Å². The maximum absolute atomic E-state index is 12.7. The summed E-state index contributed by atoms with van der Waals surface area (Å²) in [6, 6.07) is 1.84. The molecule has 1 heterocycles. The van der Waals surface area contributed by atoms with Gasteiger partial charge in [0.25, 0.3) is 0 Å². The van der Waals surface area contributed by atoms with E-state index in [0.29, 0.717) is 37.7 Å². The van der Waals surface area contributed by atoms with Crippen molar-refractivity contribution in [1.82, 2.24) is 8.87 Å². The maximum atomic E-state index is 12.7. The highest BCUT2D eigenvalue weighted by Gasteiger charge is 2.25. The molecule has 6 nitrogen and oxygen atoms in total. The Morgan fingerprint density at radius 3 is 2.48 bits per heavy atom. The number of ether oxygens (including phenoxy) is 1. The molecule has 0 fully saturated rings. The molecule has 0 spiro atoms. The lowest BCUT2D eigenvalue weighted by Gasteiger charge is -2.19. The van der Waals surface area contributed by atoms with Crippen molar-refractivity contribution in [3.8, 4) is 0 Å². The average Bonchev–Trinajstić information content (AvgIpc) is 2.88. The van der Waals surface area contributed by atoms with Crippen LogP contribution < -0.4 is 5.73 Å². The van der Waals surface area contributed by atoms with E-state index in [1.165, 1.54) is 4.31 Å². The summed E-state index contributed by atoms with van der Waals surface area (Å²) in [4.78, 5) is 0.301. The van der Waals surface area contributed by atoms with E-state index < -0.39 is 10.0 Å². The van der Waals surface area contributed by atoms with Crippen LogP contribution in [0.1, 0.15) is 39.4 Å². The molecule has 1 aromatic rings. The summed E-state index contributed by atoms with van der Waals surface area (Å²) in [6.45, 7) is 9.80. The van der Waals surface area contributed by atoms with Crippen molar-refractivity contribution >= 4 is 10.0 Å². The van der Waals surface area contributed by atoms with E-state index in [2.05, 4.69) is 0 Å². The van der Waals surface area contributed by atoms with Gasteiger partial charge < -0.3 is 15.0 Å². The highest BCUT2D eigenvalue weighted by Crippen LogP contribution is 2.21. The zero-order chi connectivity index (χ0) is 16.0. The number of sulfonamides is 1. The van der Waals surface area contributed by atoms with Crippen LogP contribution in [0.5, 0.6) is 0 Å². The van der Waals surface area contributed by atoms with Crippen molar-refractivity contribution in [3.63, 3.8) is 0 Å². The summed E-state index contributed by atoms with van der Waals surface area (Å²) in [6.07, 6.45) is 1.67. The highest BCUT2D eigenvalue weighted by molar-refractivity contribution is 7.89. The van der Waals surface area contributed by atoms with Gasteiger partial charge in [0.1, 0.15) is 4.90 Å². The molecule has 0 atom stereocenters. The van der Waals surface area contributed by atoms with Crippen molar-refractivity contribution in [3.05, 3.63) is 18.0 Å². The van der Waals surface area contributed by atoms with E-state index in [1.54, 1.807) is 12.3 Å². The molecular formula is C14H27N3O3S. The molecule has 0 unspecified atom stereocenters. The predicted octanol–water partition coefficient (Wildman–Crippen LogP) is 1.57.